The van der Waals surface area contributed by atoms with Crippen molar-refractivity contribution in [3.05, 3.63) is 218 Å². The van der Waals surface area contributed by atoms with Gasteiger partial charge in [0, 0.05) is 60.2 Å². The first-order chi connectivity index (χ1) is 32.0. The summed E-state index contributed by atoms with van der Waals surface area (Å²) in [5.74, 6) is 2.30. The van der Waals surface area contributed by atoms with E-state index >= 15 is 0 Å². The minimum atomic E-state index is -0.132. The van der Waals surface area contributed by atoms with Gasteiger partial charge in [0.2, 0.25) is 0 Å². The molecule has 0 radical (unpaired) electrons. The van der Waals surface area contributed by atoms with E-state index in [1.807, 2.05) is 18.2 Å². The molecule has 9 heteroatoms. The van der Waals surface area contributed by atoms with E-state index in [9.17, 15) is 0 Å². The van der Waals surface area contributed by atoms with Gasteiger partial charge in [0.15, 0.2) is 0 Å². The summed E-state index contributed by atoms with van der Waals surface area (Å²) in [7, 11) is 2.13. The summed E-state index contributed by atoms with van der Waals surface area (Å²) in [6.07, 6.45) is 5.87. The normalized spacial score (nSPS) is 12.6. The average Bonchev–Trinajstić information content (AvgIpc) is 4.00. The summed E-state index contributed by atoms with van der Waals surface area (Å²) in [6, 6.07) is 71.6. The molecule has 0 unspecified atom stereocenters. The van der Waals surface area contributed by atoms with Crippen LogP contribution in [0.25, 0.3) is 61.0 Å². The van der Waals surface area contributed by atoms with Crippen LogP contribution in [0.2, 0.25) is 0 Å². The Balaban J connectivity index is 0.00000456. The Hall–Kier alpha value is -7.67. The molecule has 7 nitrogen and oxygen atoms in total. The van der Waals surface area contributed by atoms with Crippen molar-refractivity contribution < 1.29 is 34.9 Å². The zero-order valence-electron chi connectivity index (χ0n) is 36.4. The molecule has 0 N–H and O–H groups in total. The molecule has 0 saturated carbocycles. The van der Waals surface area contributed by atoms with Gasteiger partial charge in [-0.3, -0.25) is 9.38 Å². The zero-order chi connectivity index (χ0) is 43.3. The topological polar surface area (TPSA) is 33.3 Å². The maximum Gasteiger partial charge on any atom is 0.529 e. The van der Waals surface area contributed by atoms with Crippen molar-refractivity contribution >= 4 is 68.2 Å². The molecule has 13 rings (SSSR count). The first-order valence-electron chi connectivity index (χ1n) is 22.0. The van der Waals surface area contributed by atoms with E-state index in [0.717, 1.165) is 56.3 Å². The molecule has 0 saturated heterocycles. The predicted molar refractivity (Wildman–Crippen MR) is 261 cm³/mol. The minimum Gasteiger partial charge on any atom is -0.510 e. The second-order valence-electron chi connectivity index (χ2n) is 17.0. The fraction of sp³-hybridized carbons (Fsp3) is 0.0526. The van der Waals surface area contributed by atoms with Crippen LogP contribution < -0.4 is 29.0 Å². The minimum absolute atomic E-state index is 0. The molecule has 318 valence electrons. The molecular formula is C57H40BN6OPt-. The summed E-state index contributed by atoms with van der Waals surface area (Å²) in [6.45, 7) is 4.27. The van der Waals surface area contributed by atoms with Gasteiger partial charge in [-0.25, -0.2) is 4.57 Å². The smallest absolute Gasteiger partial charge is 0.510 e. The molecule has 8 aromatic carbocycles. The van der Waals surface area contributed by atoms with Gasteiger partial charge in [-0.15, -0.1) is 24.3 Å². The van der Waals surface area contributed by atoms with Crippen molar-refractivity contribution in [3.63, 3.8) is 0 Å². The summed E-state index contributed by atoms with van der Waals surface area (Å²) < 4.78 is 15.6. The van der Waals surface area contributed by atoms with E-state index in [-0.39, 0.29) is 28.0 Å². The molecule has 5 heterocycles. The van der Waals surface area contributed by atoms with Gasteiger partial charge in [-0.05, 0) is 78.3 Å². The second-order valence-corrected chi connectivity index (χ2v) is 17.0. The summed E-state index contributed by atoms with van der Waals surface area (Å²) in [5, 5.41) is 2.44. The molecule has 0 fully saturated rings. The van der Waals surface area contributed by atoms with Gasteiger partial charge >= 0.3 is 6.98 Å². The molecular weight excluding hydrogens is 991 g/mol. The number of hydrogen-bond donors (Lipinski definition) is 0. The molecule has 0 amide bonds. The second kappa shape index (κ2) is 15.5. The molecule has 0 aliphatic carbocycles. The van der Waals surface area contributed by atoms with Crippen LogP contribution in [-0.4, -0.2) is 16.1 Å². The van der Waals surface area contributed by atoms with Crippen molar-refractivity contribution in [2.24, 2.45) is 7.05 Å². The molecule has 66 heavy (non-hydrogen) atoms. The molecule has 0 atom stereocenters. The molecule has 2 aliphatic rings. The number of imidazole rings is 1. The Labute approximate surface area is 398 Å². The third-order valence-corrected chi connectivity index (χ3v) is 13.2. The van der Waals surface area contributed by atoms with Crippen molar-refractivity contribution in [1.82, 2.24) is 9.13 Å². The number of aryl methyl sites for hydroxylation is 3. The first-order valence-corrected chi connectivity index (χ1v) is 22.0. The average molecular weight is 1030 g/mol. The predicted octanol–water partition coefficient (Wildman–Crippen LogP) is 11.3. The Bertz CT molecular complexity index is 3670. The van der Waals surface area contributed by atoms with Crippen LogP contribution in [0.5, 0.6) is 11.5 Å². The maximum absolute atomic E-state index is 6.77. The molecule has 0 spiro atoms. The number of para-hydroxylation sites is 7. The van der Waals surface area contributed by atoms with Gasteiger partial charge in [0.05, 0.1) is 52.2 Å². The van der Waals surface area contributed by atoms with Crippen LogP contribution in [0.1, 0.15) is 11.1 Å². The Morgan fingerprint density at radius 2 is 1.20 bits per heavy atom. The number of anilines is 4. The monoisotopic (exact) mass is 1030 g/mol. The standard InChI is InChI=1S/C57H40BN6O.Pt/c1-38-17-14-18-39(2)56(38)63-54-33-32-42(36-55(54)64-57-46(24-16-34-59(57)3)43-21-4-7-25-47(43)58(63)64)65-41-20-15-19-40(35-41)60-37-61(51-29-11-10-28-50(51)60)52-30-12-13-31-53(52)62-48-26-8-5-22-44(48)45-23-6-9-27-49(45)62;/h4-34H,1-3H3;/q-1;. The van der Waals surface area contributed by atoms with Crippen LogP contribution >= 0.6 is 0 Å². The van der Waals surface area contributed by atoms with Crippen LogP contribution in [0.3, 0.4) is 0 Å². The third kappa shape index (κ3) is 5.94. The number of ether oxygens (including phenoxy) is 1. The molecule has 11 aromatic rings. The fourth-order valence-electron chi connectivity index (χ4n) is 10.5. The Morgan fingerprint density at radius 3 is 2.00 bits per heavy atom. The number of rotatable bonds is 6. The van der Waals surface area contributed by atoms with Crippen molar-refractivity contribution in [2.75, 3.05) is 9.62 Å². The summed E-state index contributed by atoms with van der Waals surface area (Å²) in [5.41, 5.74) is 16.5. The summed E-state index contributed by atoms with van der Waals surface area (Å²) in [4.78, 5) is 4.92. The van der Waals surface area contributed by atoms with E-state index in [1.165, 1.54) is 44.2 Å². The van der Waals surface area contributed by atoms with Gasteiger partial charge < -0.3 is 18.7 Å². The van der Waals surface area contributed by atoms with E-state index in [2.05, 4.69) is 237 Å². The first kappa shape index (κ1) is 39.9. The van der Waals surface area contributed by atoms with Gasteiger partial charge in [0.1, 0.15) is 0 Å². The molecule has 2 aliphatic heterocycles. The number of benzene rings is 8. The number of hydrogen-bond acceptors (Lipinski definition) is 3. The van der Waals surface area contributed by atoms with Crippen molar-refractivity contribution in [1.29, 1.82) is 0 Å². The van der Waals surface area contributed by atoms with E-state index in [0.29, 0.717) is 11.5 Å². The van der Waals surface area contributed by atoms with Crippen LogP contribution in [0.15, 0.2) is 188 Å². The van der Waals surface area contributed by atoms with E-state index in [1.54, 1.807) is 0 Å². The molecule has 0 bridgehead atoms. The SMILES string of the molecule is Cc1cccc(C)c1N1B2c3ccccc3-c3ccc[n+](C)c3N2c2[c-]c(Oc3[c-]c(-n4[c-][n+](-c5ccccc5-n5c6ccccc6c6ccccc65)c5ccccc54)ccc3)ccc21.[Pt]. The van der Waals surface area contributed by atoms with Crippen molar-refractivity contribution in [3.8, 4) is 39.7 Å². The van der Waals surface area contributed by atoms with Crippen molar-refractivity contribution in [2.45, 2.75) is 13.8 Å². The quantitative estimate of drug-likeness (QED) is 0.0945. The Morgan fingerprint density at radius 1 is 0.545 bits per heavy atom. The van der Waals surface area contributed by atoms with E-state index < -0.39 is 0 Å². The zero-order valence-corrected chi connectivity index (χ0v) is 38.7. The van der Waals surface area contributed by atoms with E-state index in [4.69, 9.17) is 4.74 Å². The van der Waals surface area contributed by atoms with Crippen LogP contribution in [0.4, 0.5) is 22.9 Å². The third-order valence-electron chi connectivity index (χ3n) is 13.2. The Kier molecular flexibility index (Phi) is 9.37. The summed E-state index contributed by atoms with van der Waals surface area (Å²) >= 11 is 0. The number of aromatic nitrogens is 4. The van der Waals surface area contributed by atoms with Gasteiger partial charge in [-0.2, -0.15) is 12.1 Å². The largest absolute Gasteiger partial charge is 0.529 e. The molecule has 3 aromatic heterocycles. The number of pyridine rings is 1. The number of fused-ring (bicyclic) bond motifs is 12. The van der Waals surface area contributed by atoms with Crippen LogP contribution in [-0.2, 0) is 28.1 Å². The van der Waals surface area contributed by atoms with Gasteiger partial charge in [-0.1, -0.05) is 121 Å². The maximum atomic E-state index is 6.77. The number of nitrogens with zero attached hydrogens (tertiary/aromatic N) is 6. The van der Waals surface area contributed by atoms with Gasteiger partial charge in [0.25, 0.3) is 12.1 Å². The van der Waals surface area contributed by atoms with Crippen LogP contribution in [0, 0.1) is 32.3 Å². The fourth-order valence-corrected chi connectivity index (χ4v) is 10.5.